The van der Waals surface area contributed by atoms with Crippen molar-refractivity contribution in [3.63, 3.8) is 0 Å². The van der Waals surface area contributed by atoms with Crippen LogP contribution in [0.2, 0.25) is 0 Å². The fraction of sp³-hybridized carbons (Fsp3) is 0.381. The third kappa shape index (κ3) is 4.49. The summed E-state index contributed by atoms with van der Waals surface area (Å²) in [6.45, 7) is 2.67. The number of piperidine rings is 3. The van der Waals surface area contributed by atoms with Crippen molar-refractivity contribution in [2.75, 3.05) is 19.6 Å². The Hall–Kier alpha value is -2.29. The third-order valence-corrected chi connectivity index (χ3v) is 7.07. The number of esters is 1. The molecule has 154 valence electrons. The van der Waals surface area contributed by atoms with Crippen molar-refractivity contribution < 1.29 is 22.3 Å². The van der Waals surface area contributed by atoms with Gasteiger partial charge in [-0.1, -0.05) is 30.3 Å². The molecule has 6 nitrogen and oxygen atoms in total. The number of carbonyl (C=O) groups excluding carboxylic acids is 1. The first-order valence-corrected chi connectivity index (χ1v) is 11.2. The van der Waals surface area contributed by atoms with Crippen molar-refractivity contribution in [2.24, 2.45) is 5.92 Å². The minimum absolute atomic E-state index is 0.0442. The molecule has 5 rings (SSSR count). The lowest BCUT2D eigenvalue weighted by molar-refractivity contribution is -0.161. The van der Waals surface area contributed by atoms with Crippen LogP contribution in [0.4, 0.5) is 4.39 Å². The second kappa shape index (κ2) is 8.22. The molecule has 2 bridgehead atoms. The first-order valence-electron chi connectivity index (χ1n) is 9.68. The Labute approximate surface area is 169 Å². The second-order valence-electron chi connectivity index (χ2n) is 7.53. The standard InChI is InChI=1S/C21H23FN2O4S/c22-17-8-6-16(7-9-17)20(23-29(26,27)18-4-2-1-3-5-18)21(25)28-19-14-24-12-10-15(19)11-13-24/h1-9,15,19-20,23H,10-14H2/t19-,20?/m0/s1. The normalized spacial score (nSPS) is 24.8. The second-order valence-corrected chi connectivity index (χ2v) is 9.25. The number of fused-ring (bicyclic) bond motifs is 3. The number of sulfonamides is 1. The van der Waals surface area contributed by atoms with Crippen LogP contribution in [0, 0.1) is 11.7 Å². The lowest BCUT2D eigenvalue weighted by Crippen LogP contribution is -2.52. The van der Waals surface area contributed by atoms with E-state index in [1.165, 1.54) is 36.4 Å². The molecule has 3 saturated heterocycles. The van der Waals surface area contributed by atoms with E-state index in [1.807, 2.05) is 0 Å². The third-order valence-electron chi connectivity index (χ3n) is 5.63. The Balaban J connectivity index is 1.58. The van der Waals surface area contributed by atoms with Gasteiger partial charge in [0.2, 0.25) is 10.0 Å². The minimum atomic E-state index is -3.97. The Morgan fingerprint density at radius 3 is 2.31 bits per heavy atom. The topological polar surface area (TPSA) is 75.7 Å². The highest BCUT2D eigenvalue weighted by molar-refractivity contribution is 7.89. The number of nitrogens with one attached hydrogen (secondary N) is 1. The van der Waals surface area contributed by atoms with Gasteiger partial charge in [-0.05, 0) is 61.7 Å². The lowest BCUT2D eigenvalue weighted by atomic mass is 9.86. The Morgan fingerprint density at radius 1 is 1.07 bits per heavy atom. The Kier molecular flexibility index (Phi) is 5.67. The largest absolute Gasteiger partial charge is 0.459 e. The maximum atomic E-state index is 13.4. The molecule has 3 heterocycles. The SMILES string of the molecule is O=C(O[C@H]1CN2CCC1CC2)C(NS(=O)(=O)c1ccccc1)c1ccc(F)cc1. The van der Waals surface area contributed by atoms with Gasteiger partial charge in [-0.2, -0.15) is 4.72 Å². The van der Waals surface area contributed by atoms with E-state index in [-0.39, 0.29) is 11.0 Å². The van der Waals surface area contributed by atoms with E-state index in [4.69, 9.17) is 4.74 Å². The van der Waals surface area contributed by atoms with Crippen molar-refractivity contribution in [1.29, 1.82) is 0 Å². The summed E-state index contributed by atoms with van der Waals surface area (Å²) in [5.74, 6) is -0.845. The van der Waals surface area contributed by atoms with Gasteiger partial charge in [-0.15, -0.1) is 0 Å². The zero-order valence-electron chi connectivity index (χ0n) is 15.8. The van der Waals surface area contributed by atoms with Gasteiger partial charge in [0.25, 0.3) is 0 Å². The number of rotatable bonds is 6. The quantitative estimate of drug-likeness (QED) is 0.730. The van der Waals surface area contributed by atoms with E-state index >= 15 is 0 Å². The Bertz CT molecular complexity index is 958. The van der Waals surface area contributed by atoms with Gasteiger partial charge < -0.3 is 4.74 Å². The number of nitrogens with zero attached hydrogens (tertiary/aromatic N) is 1. The summed E-state index contributed by atoms with van der Waals surface area (Å²) in [6.07, 6.45) is 1.68. The predicted octanol–water partition coefficient (Wildman–Crippen LogP) is 2.48. The molecule has 0 aromatic heterocycles. The smallest absolute Gasteiger partial charge is 0.329 e. The molecule has 2 aromatic carbocycles. The zero-order chi connectivity index (χ0) is 20.4. The fourth-order valence-corrected chi connectivity index (χ4v) is 5.19. The van der Waals surface area contributed by atoms with Gasteiger partial charge in [0.1, 0.15) is 18.0 Å². The monoisotopic (exact) mass is 418 g/mol. The summed E-state index contributed by atoms with van der Waals surface area (Å²) in [6, 6.07) is 11.7. The molecule has 2 atom stereocenters. The molecular weight excluding hydrogens is 395 g/mol. The van der Waals surface area contributed by atoms with Crippen LogP contribution in [0.5, 0.6) is 0 Å². The van der Waals surface area contributed by atoms with Crippen LogP contribution < -0.4 is 4.72 Å². The van der Waals surface area contributed by atoms with Gasteiger partial charge in [-0.3, -0.25) is 4.90 Å². The number of carbonyl (C=O) groups is 1. The van der Waals surface area contributed by atoms with Gasteiger partial charge >= 0.3 is 5.97 Å². The van der Waals surface area contributed by atoms with Crippen LogP contribution in [0.3, 0.4) is 0 Å². The van der Waals surface area contributed by atoms with Crippen LogP contribution in [-0.2, 0) is 19.6 Å². The average Bonchev–Trinajstić information content (AvgIpc) is 2.74. The van der Waals surface area contributed by atoms with Gasteiger partial charge in [0.05, 0.1) is 4.90 Å². The molecule has 3 aliphatic heterocycles. The van der Waals surface area contributed by atoms with Crippen LogP contribution in [0.1, 0.15) is 24.4 Å². The molecule has 0 saturated carbocycles. The first-order chi connectivity index (χ1) is 13.9. The molecule has 1 N–H and O–H groups in total. The van der Waals surface area contributed by atoms with E-state index in [0.717, 1.165) is 25.9 Å². The molecule has 0 amide bonds. The summed E-state index contributed by atoms with van der Waals surface area (Å²) < 4.78 is 47.2. The van der Waals surface area contributed by atoms with E-state index in [9.17, 15) is 17.6 Å². The van der Waals surface area contributed by atoms with Crippen LogP contribution in [0.15, 0.2) is 59.5 Å². The molecule has 29 heavy (non-hydrogen) atoms. The molecule has 3 aliphatic rings. The summed E-state index contributed by atoms with van der Waals surface area (Å²) in [7, 11) is -3.97. The highest BCUT2D eigenvalue weighted by Crippen LogP contribution is 2.31. The van der Waals surface area contributed by atoms with Gasteiger partial charge in [0.15, 0.2) is 0 Å². The summed E-state index contributed by atoms with van der Waals surface area (Å²) >= 11 is 0. The highest BCUT2D eigenvalue weighted by Gasteiger charge is 2.38. The fourth-order valence-electron chi connectivity index (χ4n) is 3.99. The Morgan fingerprint density at radius 2 is 1.72 bits per heavy atom. The van der Waals surface area contributed by atoms with Crippen molar-refractivity contribution in [3.05, 3.63) is 66.0 Å². The molecule has 3 fully saturated rings. The summed E-state index contributed by atoms with van der Waals surface area (Å²) in [4.78, 5) is 15.3. The van der Waals surface area contributed by atoms with Crippen molar-refractivity contribution in [2.45, 2.75) is 29.9 Å². The van der Waals surface area contributed by atoms with Crippen molar-refractivity contribution in [1.82, 2.24) is 9.62 Å². The maximum absolute atomic E-state index is 13.4. The summed E-state index contributed by atoms with van der Waals surface area (Å²) in [5.41, 5.74) is 0.331. The average molecular weight is 418 g/mol. The molecule has 0 spiro atoms. The molecule has 1 unspecified atom stereocenters. The van der Waals surface area contributed by atoms with Gasteiger partial charge in [-0.25, -0.2) is 17.6 Å². The molecule has 0 radical (unpaired) electrons. The van der Waals surface area contributed by atoms with Crippen molar-refractivity contribution in [3.8, 4) is 0 Å². The molecule has 0 aliphatic carbocycles. The minimum Gasteiger partial charge on any atom is -0.459 e. The number of hydrogen-bond acceptors (Lipinski definition) is 5. The van der Waals surface area contributed by atoms with Crippen LogP contribution >= 0.6 is 0 Å². The van der Waals surface area contributed by atoms with E-state index in [0.29, 0.717) is 18.0 Å². The number of benzene rings is 2. The van der Waals surface area contributed by atoms with Crippen molar-refractivity contribution >= 4 is 16.0 Å². The van der Waals surface area contributed by atoms with E-state index in [2.05, 4.69) is 9.62 Å². The van der Waals surface area contributed by atoms with Crippen LogP contribution in [0.25, 0.3) is 0 Å². The molecule has 8 heteroatoms. The maximum Gasteiger partial charge on any atom is 0.329 e. The number of halogens is 1. The van der Waals surface area contributed by atoms with E-state index < -0.39 is 27.9 Å². The zero-order valence-corrected chi connectivity index (χ0v) is 16.6. The van der Waals surface area contributed by atoms with E-state index in [1.54, 1.807) is 18.2 Å². The molecule has 2 aromatic rings. The highest BCUT2D eigenvalue weighted by atomic mass is 32.2. The van der Waals surface area contributed by atoms with Gasteiger partial charge in [0, 0.05) is 6.54 Å². The summed E-state index contributed by atoms with van der Waals surface area (Å²) in [5, 5.41) is 0. The lowest BCUT2D eigenvalue weighted by Gasteiger charge is -2.44. The number of ether oxygens (including phenoxy) is 1. The first kappa shape index (κ1) is 20.0. The number of hydrogen-bond donors (Lipinski definition) is 1. The van der Waals surface area contributed by atoms with Crippen LogP contribution in [-0.4, -0.2) is 45.0 Å². The predicted molar refractivity (Wildman–Crippen MR) is 105 cm³/mol. The molecular formula is C21H23FN2O4S.